The van der Waals surface area contributed by atoms with Gasteiger partial charge in [0, 0.05) is 19.0 Å². The van der Waals surface area contributed by atoms with Gasteiger partial charge in [-0.2, -0.15) is 10.1 Å². The first-order chi connectivity index (χ1) is 14.0. The molecule has 2 aromatic rings. The van der Waals surface area contributed by atoms with E-state index in [2.05, 4.69) is 20.4 Å². The minimum absolute atomic E-state index is 0.183. The number of nitrogens with one attached hydrogen (secondary N) is 2. The Morgan fingerprint density at radius 2 is 2.14 bits per heavy atom. The van der Waals surface area contributed by atoms with Crippen molar-refractivity contribution in [3.63, 3.8) is 0 Å². The summed E-state index contributed by atoms with van der Waals surface area (Å²) < 4.78 is 11.7. The number of carbonyl (C=O) groups is 1. The SMILES string of the molecule is CCOC(=O)c1cnn(-c2nc(C=N)c(NCC3CCC(O)CC3)c(OC)n2)c1. The highest BCUT2D eigenvalue weighted by Crippen LogP contribution is 2.28. The fourth-order valence-corrected chi connectivity index (χ4v) is 3.31. The highest BCUT2D eigenvalue weighted by molar-refractivity contribution is 5.89. The van der Waals surface area contributed by atoms with Crippen LogP contribution in [-0.2, 0) is 4.74 Å². The summed E-state index contributed by atoms with van der Waals surface area (Å²) in [6, 6.07) is 0. The molecule has 1 aliphatic rings. The van der Waals surface area contributed by atoms with E-state index in [4.69, 9.17) is 14.9 Å². The molecule has 10 nitrogen and oxygen atoms in total. The molecule has 0 aromatic carbocycles. The number of ether oxygens (including phenoxy) is 2. The van der Waals surface area contributed by atoms with Gasteiger partial charge in [-0.05, 0) is 38.5 Å². The molecule has 0 saturated heterocycles. The van der Waals surface area contributed by atoms with Crippen LogP contribution < -0.4 is 10.1 Å². The van der Waals surface area contributed by atoms with Crippen molar-refractivity contribution >= 4 is 17.9 Å². The van der Waals surface area contributed by atoms with Gasteiger partial charge in [0.1, 0.15) is 11.4 Å². The van der Waals surface area contributed by atoms with Crippen molar-refractivity contribution in [3.8, 4) is 11.8 Å². The van der Waals surface area contributed by atoms with Gasteiger partial charge in [-0.3, -0.25) is 0 Å². The average Bonchev–Trinajstić information content (AvgIpc) is 3.23. The summed E-state index contributed by atoms with van der Waals surface area (Å²) in [5, 5.41) is 24.8. The van der Waals surface area contributed by atoms with E-state index >= 15 is 0 Å². The van der Waals surface area contributed by atoms with Crippen LogP contribution >= 0.6 is 0 Å². The lowest BCUT2D eigenvalue weighted by Gasteiger charge is -2.26. The van der Waals surface area contributed by atoms with Crippen molar-refractivity contribution in [2.45, 2.75) is 38.7 Å². The molecule has 3 N–H and O–H groups in total. The molecule has 0 radical (unpaired) electrons. The van der Waals surface area contributed by atoms with Gasteiger partial charge >= 0.3 is 5.97 Å². The number of rotatable bonds is 8. The second kappa shape index (κ2) is 9.46. The molecule has 10 heteroatoms. The monoisotopic (exact) mass is 402 g/mol. The predicted molar refractivity (Wildman–Crippen MR) is 106 cm³/mol. The standard InChI is InChI=1S/C19H26N6O4/c1-3-29-18(27)13-10-22-25(11-13)19-23-15(8-20)16(17(24-19)28-2)21-9-12-4-6-14(26)7-5-12/h8,10-12,14,20-21,26H,3-7,9H2,1-2H3. The number of esters is 1. The number of aliphatic hydroxyl groups excluding tert-OH is 1. The molecule has 29 heavy (non-hydrogen) atoms. The maximum atomic E-state index is 11.8. The number of nitrogens with zero attached hydrogens (tertiary/aromatic N) is 4. The summed E-state index contributed by atoms with van der Waals surface area (Å²) in [6.07, 6.45) is 7.27. The molecular weight excluding hydrogens is 376 g/mol. The molecule has 0 atom stereocenters. The van der Waals surface area contributed by atoms with Crippen molar-refractivity contribution < 1.29 is 19.4 Å². The average molecular weight is 402 g/mol. The summed E-state index contributed by atoms with van der Waals surface area (Å²) in [5.74, 6) is 0.424. The lowest BCUT2D eigenvalue weighted by Crippen LogP contribution is -2.24. The molecule has 0 spiro atoms. The van der Waals surface area contributed by atoms with E-state index < -0.39 is 5.97 Å². The Bertz CT molecular complexity index is 860. The molecule has 156 valence electrons. The Balaban J connectivity index is 1.81. The van der Waals surface area contributed by atoms with Crippen LogP contribution in [0, 0.1) is 11.3 Å². The zero-order valence-corrected chi connectivity index (χ0v) is 16.6. The number of hydrogen-bond acceptors (Lipinski definition) is 9. The lowest BCUT2D eigenvalue weighted by molar-refractivity contribution is 0.0526. The van der Waals surface area contributed by atoms with Crippen molar-refractivity contribution in [2.24, 2.45) is 5.92 Å². The molecule has 0 unspecified atom stereocenters. The van der Waals surface area contributed by atoms with Crippen LogP contribution in [0.1, 0.15) is 48.7 Å². The fourth-order valence-electron chi connectivity index (χ4n) is 3.31. The second-order valence-corrected chi connectivity index (χ2v) is 6.89. The molecule has 2 aromatic heterocycles. The van der Waals surface area contributed by atoms with E-state index in [1.807, 2.05) is 0 Å². The van der Waals surface area contributed by atoms with Gasteiger partial charge in [-0.1, -0.05) is 0 Å². The minimum atomic E-state index is -0.478. The molecule has 2 heterocycles. The second-order valence-electron chi connectivity index (χ2n) is 6.89. The van der Waals surface area contributed by atoms with Crippen LogP contribution in [0.25, 0.3) is 5.95 Å². The third kappa shape index (κ3) is 4.89. The smallest absolute Gasteiger partial charge is 0.341 e. The Labute approximate surface area is 168 Å². The molecule has 1 aliphatic carbocycles. The number of anilines is 1. The third-order valence-electron chi connectivity index (χ3n) is 4.90. The summed E-state index contributed by atoms with van der Waals surface area (Å²) in [5.41, 5.74) is 1.18. The van der Waals surface area contributed by atoms with Gasteiger partial charge in [0.05, 0.1) is 31.6 Å². The maximum Gasteiger partial charge on any atom is 0.341 e. The Hall–Kier alpha value is -3.01. The summed E-state index contributed by atoms with van der Waals surface area (Å²) >= 11 is 0. The highest BCUT2D eigenvalue weighted by Gasteiger charge is 2.22. The number of aromatic nitrogens is 4. The van der Waals surface area contributed by atoms with Gasteiger partial charge in [-0.15, -0.1) is 0 Å². The Morgan fingerprint density at radius 3 is 2.79 bits per heavy atom. The predicted octanol–water partition coefficient (Wildman–Crippen LogP) is 1.81. The highest BCUT2D eigenvalue weighted by atomic mass is 16.5. The topological polar surface area (TPSA) is 135 Å². The van der Waals surface area contributed by atoms with Gasteiger partial charge in [0.2, 0.25) is 5.88 Å². The lowest BCUT2D eigenvalue weighted by atomic mass is 9.87. The van der Waals surface area contributed by atoms with Gasteiger partial charge in [-0.25, -0.2) is 14.5 Å². The summed E-state index contributed by atoms with van der Waals surface area (Å²) in [4.78, 5) is 20.6. The van der Waals surface area contributed by atoms with Crippen molar-refractivity contribution in [1.29, 1.82) is 5.41 Å². The molecule has 1 saturated carbocycles. The molecular formula is C19H26N6O4. The molecule has 0 amide bonds. The van der Waals surface area contributed by atoms with Crippen LogP contribution in [0.5, 0.6) is 5.88 Å². The first-order valence-electron chi connectivity index (χ1n) is 9.66. The number of methoxy groups -OCH3 is 1. The molecule has 3 rings (SSSR count). The quantitative estimate of drug-likeness (QED) is 0.449. The normalized spacial score (nSPS) is 18.9. The van der Waals surface area contributed by atoms with Gasteiger partial charge in [0.15, 0.2) is 0 Å². The van der Waals surface area contributed by atoms with E-state index in [1.165, 1.54) is 24.2 Å². The number of carbonyl (C=O) groups excluding carboxylic acids is 1. The molecule has 0 aliphatic heterocycles. The number of hydrogen-bond donors (Lipinski definition) is 3. The minimum Gasteiger partial charge on any atom is -0.479 e. The summed E-state index contributed by atoms with van der Waals surface area (Å²) in [7, 11) is 1.50. The van der Waals surface area contributed by atoms with Crippen molar-refractivity contribution in [1.82, 2.24) is 19.7 Å². The first-order valence-corrected chi connectivity index (χ1v) is 9.66. The molecule has 1 fully saturated rings. The van der Waals surface area contributed by atoms with Crippen molar-refractivity contribution in [3.05, 3.63) is 23.7 Å². The van der Waals surface area contributed by atoms with Crippen LogP contribution in [0.4, 0.5) is 5.69 Å². The van der Waals surface area contributed by atoms with Gasteiger partial charge in [0.25, 0.3) is 5.95 Å². The number of aliphatic hydroxyl groups is 1. The first kappa shape index (κ1) is 20.7. The van der Waals surface area contributed by atoms with E-state index in [0.717, 1.165) is 31.9 Å². The molecule has 0 bridgehead atoms. The van der Waals surface area contributed by atoms with Crippen LogP contribution in [0.15, 0.2) is 12.4 Å². The van der Waals surface area contributed by atoms with E-state index in [-0.39, 0.29) is 30.1 Å². The van der Waals surface area contributed by atoms with Crippen LogP contribution in [0.3, 0.4) is 0 Å². The summed E-state index contributed by atoms with van der Waals surface area (Å²) in [6.45, 7) is 2.68. The van der Waals surface area contributed by atoms with Crippen LogP contribution in [0.2, 0.25) is 0 Å². The Morgan fingerprint density at radius 1 is 1.38 bits per heavy atom. The van der Waals surface area contributed by atoms with Crippen molar-refractivity contribution in [2.75, 3.05) is 25.6 Å². The Kier molecular flexibility index (Phi) is 6.76. The zero-order valence-electron chi connectivity index (χ0n) is 16.6. The van der Waals surface area contributed by atoms with E-state index in [0.29, 0.717) is 23.8 Å². The fraction of sp³-hybridized carbons (Fsp3) is 0.526. The van der Waals surface area contributed by atoms with Gasteiger partial charge < -0.3 is 25.3 Å². The zero-order chi connectivity index (χ0) is 20.8. The largest absolute Gasteiger partial charge is 0.479 e. The third-order valence-corrected chi connectivity index (χ3v) is 4.90. The van der Waals surface area contributed by atoms with E-state index in [1.54, 1.807) is 6.92 Å². The van der Waals surface area contributed by atoms with Crippen LogP contribution in [-0.4, -0.2) is 63.4 Å². The van der Waals surface area contributed by atoms with E-state index in [9.17, 15) is 9.90 Å². The maximum absolute atomic E-state index is 11.8.